The molecule has 1 aromatic heterocycles. The number of aryl methyl sites for hydroxylation is 1. The number of esters is 1. The van der Waals surface area contributed by atoms with E-state index in [1.165, 1.54) is 4.88 Å². The predicted octanol–water partition coefficient (Wildman–Crippen LogP) is 4.05. The van der Waals surface area contributed by atoms with Gasteiger partial charge in [0.1, 0.15) is 0 Å². The van der Waals surface area contributed by atoms with Crippen LogP contribution in [0.15, 0.2) is 47.1 Å². The molecule has 1 aliphatic rings. The third-order valence-corrected chi connectivity index (χ3v) is 4.04. The van der Waals surface area contributed by atoms with Crippen molar-refractivity contribution in [3.05, 3.63) is 62.4 Å². The molecule has 0 saturated heterocycles. The molecule has 0 radical (unpaired) electrons. The SMILES string of the molecule is Cc1ccc(/C=C2\N=C(c3ccccc3Cl)OC2=O)s1. The fraction of sp³-hybridized carbons (Fsp3) is 0.0667. The van der Waals surface area contributed by atoms with E-state index < -0.39 is 5.97 Å². The Hall–Kier alpha value is -1.91. The first-order valence-corrected chi connectivity index (χ1v) is 7.17. The van der Waals surface area contributed by atoms with Gasteiger partial charge in [0.05, 0.1) is 10.6 Å². The summed E-state index contributed by atoms with van der Waals surface area (Å²) in [6.07, 6.45) is 1.73. The lowest BCUT2D eigenvalue weighted by Gasteiger charge is -2.00. The fourth-order valence-electron chi connectivity index (χ4n) is 1.82. The molecule has 0 spiro atoms. The Kier molecular flexibility index (Phi) is 3.42. The average molecular weight is 304 g/mol. The van der Waals surface area contributed by atoms with E-state index >= 15 is 0 Å². The molecule has 2 aromatic rings. The second-order valence-electron chi connectivity index (χ2n) is 4.26. The summed E-state index contributed by atoms with van der Waals surface area (Å²) in [6, 6.07) is 11.1. The highest BCUT2D eigenvalue weighted by molar-refractivity contribution is 7.12. The number of carbonyl (C=O) groups is 1. The molecule has 0 bridgehead atoms. The first-order chi connectivity index (χ1) is 9.63. The summed E-state index contributed by atoms with van der Waals surface area (Å²) >= 11 is 7.67. The van der Waals surface area contributed by atoms with Crippen LogP contribution in [0.25, 0.3) is 6.08 Å². The van der Waals surface area contributed by atoms with E-state index in [1.807, 2.05) is 31.2 Å². The highest BCUT2D eigenvalue weighted by atomic mass is 35.5. The van der Waals surface area contributed by atoms with Crippen molar-refractivity contribution in [1.29, 1.82) is 0 Å². The van der Waals surface area contributed by atoms with Crippen LogP contribution < -0.4 is 0 Å². The number of cyclic esters (lactones) is 1. The van der Waals surface area contributed by atoms with Crippen LogP contribution in [0.4, 0.5) is 0 Å². The molecule has 0 N–H and O–H groups in total. The van der Waals surface area contributed by atoms with Crippen molar-refractivity contribution >= 4 is 40.9 Å². The van der Waals surface area contributed by atoms with Gasteiger partial charge in [-0.05, 0) is 37.3 Å². The minimum atomic E-state index is -0.453. The van der Waals surface area contributed by atoms with E-state index in [1.54, 1.807) is 29.5 Å². The summed E-state index contributed by atoms with van der Waals surface area (Å²) in [7, 11) is 0. The minimum Gasteiger partial charge on any atom is -0.402 e. The molecular formula is C15H10ClNO2S. The van der Waals surface area contributed by atoms with Crippen molar-refractivity contribution in [1.82, 2.24) is 0 Å². The van der Waals surface area contributed by atoms with Crippen LogP contribution in [0, 0.1) is 6.92 Å². The second-order valence-corrected chi connectivity index (χ2v) is 5.99. The highest BCUT2D eigenvalue weighted by Gasteiger charge is 2.25. The van der Waals surface area contributed by atoms with E-state index in [9.17, 15) is 4.79 Å². The number of carbonyl (C=O) groups excluding carboxylic acids is 1. The average Bonchev–Trinajstić information content (AvgIpc) is 2.98. The van der Waals surface area contributed by atoms with Crippen molar-refractivity contribution in [2.24, 2.45) is 4.99 Å². The first-order valence-electron chi connectivity index (χ1n) is 5.97. The molecule has 0 unspecified atom stereocenters. The molecular weight excluding hydrogens is 294 g/mol. The molecule has 5 heteroatoms. The van der Waals surface area contributed by atoms with Gasteiger partial charge in [0, 0.05) is 9.75 Å². The lowest BCUT2D eigenvalue weighted by Crippen LogP contribution is -2.05. The van der Waals surface area contributed by atoms with Crippen molar-refractivity contribution in [3.63, 3.8) is 0 Å². The van der Waals surface area contributed by atoms with Crippen molar-refractivity contribution in [2.75, 3.05) is 0 Å². The molecule has 0 fully saturated rings. The molecule has 3 nitrogen and oxygen atoms in total. The molecule has 0 saturated carbocycles. The smallest absolute Gasteiger partial charge is 0.363 e. The summed E-state index contributed by atoms with van der Waals surface area (Å²) in [5.41, 5.74) is 0.912. The van der Waals surface area contributed by atoms with Gasteiger partial charge in [-0.15, -0.1) is 11.3 Å². The number of nitrogens with zero attached hydrogens (tertiary/aromatic N) is 1. The third-order valence-electron chi connectivity index (χ3n) is 2.76. The predicted molar refractivity (Wildman–Crippen MR) is 81.1 cm³/mol. The number of halogens is 1. The summed E-state index contributed by atoms with van der Waals surface area (Å²) in [5, 5.41) is 0.507. The van der Waals surface area contributed by atoms with E-state index in [4.69, 9.17) is 16.3 Å². The van der Waals surface area contributed by atoms with Gasteiger partial charge in [0.15, 0.2) is 5.70 Å². The number of rotatable bonds is 2. The topological polar surface area (TPSA) is 38.7 Å². The van der Waals surface area contributed by atoms with Gasteiger partial charge in [-0.2, -0.15) is 0 Å². The molecule has 1 aliphatic heterocycles. The van der Waals surface area contributed by atoms with E-state index in [0.717, 1.165) is 4.88 Å². The third kappa shape index (κ3) is 2.53. The van der Waals surface area contributed by atoms with Crippen LogP contribution in [-0.4, -0.2) is 11.9 Å². The molecule has 100 valence electrons. The second kappa shape index (κ2) is 5.23. The Morgan fingerprint density at radius 3 is 2.75 bits per heavy atom. The zero-order chi connectivity index (χ0) is 14.1. The maximum Gasteiger partial charge on any atom is 0.363 e. The minimum absolute atomic E-state index is 0.250. The quantitative estimate of drug-likeness (QED) is 0.620. The van der Waals surface area contributed by atoms with Crippen molar-refractivity contribution in [2.45, 2.75) is 6.92 Å². The molecule has 0 amide bonds. The number of thiophene rings is 1. The van der Waals surface area contributed by atoms with Crippen LogP contribution in [0.1, 0.15) is 15.3 Å². The van der Waals surface area contributed by atoms with Gasteiger partial charge >= 0.3 is 5.97 Å². The van der Waals surface area contributed by atoms with Crippen LogP contribution in [-0.2, 0) is 9.53 Å². The van der Waals surface area contributed by atoms with E-state index in [-0.39, 0.29) is 5.90 Å². The normalized spacial score (nSPS) is 16.4. The summed E-state index contributed by atoms with van der Waals surface area (Å²) < 4.78 is 5.18. The Labute approximate surface area is 125 Å². The monoisotopic (exact) mass is 303 g/mol. The zero-order valence-corrected chi connectivity index (χ0v) is 12.2. The van der Waals surface area contributed by atoms with Gasteiger partial charge in [0.2, 0.25) is 5.90 Å². The highest BCUT2D eigenvalue weighted by Crippen LogP contribution is 2.25. The van der Waals surface area contributed by atoms with Gasteiger partial charge < -0.3 is 4.74 Å². The fourth-order valence-corrected chi connectivity index (χ4v) is 2.86. The Balaban J connectivity index is 1.97. The summed E-state index contributed by atoms with van der Waals surface area (Å²) in [5.74, 6) is -0.203. The number of aliphatic imine (C=N–C) groups is 1. The molecule has 1 aromatic carbocycles. The molecule has 3 rings (SSSR count). The van der Waals surface area contributed by atoms with Gasteiger partial charge in [0.25, 0.3) is 0 Å². The number of ether oxygens (including phenoxy) is 1. The van der Waals surface area contributed by atoms with E-state index in [0.29, 0.717) is 16.3 Å². The molecule has 0 aliphatic carbocycles. The summed E-state index contributed by atoms with van der Waals surface area (Å²) in [6.45, 7) is 2.01. The van der Waals surface area contributed by atoms with Crippen LogP contribution in [0.2, 0.25) is 5.02 Å². The number of benzene rings is 1. The van der Waals surface area contributed by atoms with Crippen LogP contribution >= 0.6 is 22.9 Å². The number of hydrogen-bond donors (Lipinski definition) is 0. The first kappa shape index (κ1) is 13.1. The lowest BCUT2D eigenvalue weighted by atomic mass is 10.2. The lowest BCUT2D eigenvalue weighted by molar-refractivity contribution is -0.129. The van der Waals surface area contributed by atoms with Crippen molar-refractivity contribution in [3.8, 4) is 0 Å². The summed E-state index contributed by atoms with van der Waals surface area (Å²) in [4.78, 5) is 18.2. The van der Waals surface area contributed by atoms with Crippen LogP contribution in [0.5, 0.6) is 0 Å². The van der Waals surface area contributed by atoms with Crippen LogP contribution in [0.3, 0.4) is 0 Å². The maximum atomic E-state index is 11.8. The van der Waals surface area contributed by atoms with Gasteiger partial charge in [-0.3, -0.25) is 0 Å². The Morgan fingerprint density at radius 1 is 1.25 bits per heavy atom. The molecule has 2 heterocycles. The molecule has 20 heavy (non-hydrogen) atoms. The Morgan fingerprint density at radius 2 is 2.05 bits per heavy atom. The van der Waals surface area contributed by atoms with Gasteiger partial charge in [-0.1, -0.05) is 23.7 Å². The van der Waals surface area contributed by atoms with Gasteiger partial charge in [-0.25, -0.2) is 9.79 Å². The zero-order valence-electron chi connectivity index (χ0n) is 10.6. The maximum absolute atomic E-state index is 11.8. The largest absolute Gasteiger partial charge is 0.402 e. The Bertz CT molecular complexity index is 746. The standard InChI is InChI=1S/C15H10ClNO2S/c1-9-6-7-10(20-9)8-13-15(18)19-14(17-13)11-4-2-3-5-12(11)16/h2-8H,1H3/b13-8-. The number of hydrogen-bond acceptors (Lipinski definition) is 4. The van der Waals surface area contributed by atoms with Crippen molar-refractivity contribution < 1.29 is 9.53 Å². The molecule has 0 atom stereocenters. The van der Waals surface area contributed by atoms with E-state index in [2.05, 4.69) is 4.99 Å².